The van der Waals surface area contributed by atoms with E-state index >= 15 is 0 Å². The molecule has 0 saturated heterocycles. The molecule has 0 aliphatic carbocycles. The number of nitriles is 1. The number of H-pyrrole nitrogens is 1. The largest absolute Gasteiger partial charge is 0.454 e. The van der Waals surface area contributed by atoms with Crippen LogP contribution in [0.2, 0.25) is 0 Å². The molecule has 2 aliphatic heterocycles. The zero-order valence-electron chi connectivity index (χ0n) is 15.9. The van der Waals surface area contributed by atoms with Crippen molar-refractivity contribution < 1.29 is 14.2 Å². The monoisotopic (exact) mass is 386 g/mol. The predicted octanol–water partition coefficient (Wildman–Crippen LogP) is 3.64. The number of fused-ring (bicyclic) bond motifs is 2. The minimum atomic E-state index is -0.386. The summed E-state index contributed by atoms with van der Waals surface area (Å²) in [4.78, 5) is 0. The van der Waals surface area contributed by atoms with Gasteiger partial charge in [0.2, 0.25) is 18.6 Å². The van der Waals surface area contributed by atoms with Gasteiger partial charge in [0.05, 0.1) is 17.2 Å². The maximum absolute atomic E-state index is 9.87. The van der Waals surface area contributed by atoms with Gasteiger partial charge in [0.25, 0.3) is 0 Å². The lowest BCUT2D eigenvalue weighted by Gasteiger charge is -2.25. The maximum atomic E-state index is 9.87. The van der Waals surface area contributed by atoms with Crippen molar-refractivity contribution in [3.05, 3.63) is 70.1 Å². The first-order valence-electron chi connectivity index (χ1n) is 9.20. The number of nitrogens with zero attached hydrogens (tertiary/aromatic N) is 2. The number of nitrogens with two attached hydrogens (primary N) is 1. The average molecular weight is 386 g/mol. The molecule has 29 heavy (non-hydrogen) atoms. The molecule has 7 heteroatoms. The number of hydrogen-bond donors (Lipinski definition) is 2. The Morgan fingerprint density at radius 1 is 1.14 bits per heavy atom. The van der Waals surface area contributed by atoms with E-state index in [1.807, 2.05) is 44.2 Å². The van der Waals surface area contributed by atoms with Gasteiger partial charge in [0.15, 0.2) is 11.5 Å². The number of aromatic nitrogens is 2. The first-order chi connectivity index (χ1) is 14.1. The molecule has 0 fully saturated rings. The molecular weight excluding hydrogens is 368 g/mol. The Balaban J connectivity index is 1.74. The third-order valence-corrected chi connectivity index (χ3v) is 5.35. The molecule has 1 atom stereocenters. The molecule has 3 heterocycles. The molecule has 0 bridgehead atoms. The van der Waals surface area contributed by atoms with Crippen LogP contribution in [0.5, 0.6) is 17.4 Å². The first-order valence-corrected chi connectivity index (χ1v) is 9.20. The molecule has 0 radical (unpaired) electrons. The van der Waals surface area contributed by atoms with E-state index in [4.69, 9.17) is 19.9 Å². The highest BCUT2D eigenvalue weighted by molar-refractivity contribution is 5.73. The van der Waals surface area contributed by atoms with Crippen molar-refractivity contribution in [2.45, 2.75) is 19.8 Å². The van der Waals surface area contributed by atoms with Gasteiger partial charge >= 0.3 is 0 Å². The van der Waals surface area contributed by atoms with Gasteiger partial charge in [-0.15, -0.1) is 5.10 Å². The molecule has 3 aromatic rings. The minimum absolute atomic E-state index is 0.0784. The number of nitrogens with one attached hydrogen (secondary N) is 1. The Morgan fingerprint density at radius 2 is 1.97 bits per heavy atom. The smallest absolute Gasteiger partial charge is 0.244 e. The van der Waals surface area contributed by atoms with Crippen molar-refractivity contribution in [1.82, 2.24) is 10.2 Å². The summed E-state index contributed by atoms with van der Waals surface area (Å²) in [5, 5.41) is 17.3. The number of aryl methyl sites for hydroxylation is 2. The van der Waals surface area contributed by atoms with E-state index in [-0.39, 0.29) is 18.6 Å². The lowest BCUT2D eigenvalue weighted by molar-refractivity contribution is 0.174. The number of allylic oxidation sites excluding steroid dienone is 1. The summed E-state index contributed by atoms with van der Waals surface area (Å²) in [6.45, 7) is 4.25. The van der Waals surface area contributed by atoms with Crippen molar-refractivity contribution in [3.63, 3.8) is 0 Å². The maximum Gasteiger partial charge on any atom is 0.244 e. The van der Waals surface area contributed by atoms with Crippen LogP contribution >= 0.6 is 0 Å². The zero-order valence-corrected chi connectivity index (χ0v) is 15.9. The second kappa shape index (κ2) is 6.31. The van der Waals surface area contributed by atoms with Crippen molar-refractivity contribution >= 4 is 0 Å². The molecule has 5 rings (SSSR count). The van der Waals surface area contributed by atoms with Crippen molar-refractivity contribution in [2.24, 2.45) is 5.73 Å². The Labute approximate surface area is 167 Å². The molecule has 1 unspecified atom stereocenters. The summed E-state index contributed by atoms with van der Waals surface area (Å²) in [6.07, 6.45) is 0. The van der Waals surface area contributed by atoms with Crippen LogP contribution in [0.4, 0.5) is 0 Å². The summed E-state index contributed by atoms with van der Waals surface area (Å²) in [6, 6.07) is 14.1. The fourth-order valence-electron chi connectivity index (χ4n) is 3.90. The molecule has 3 N–H and O–H groups in total. The molecular formula is C22H18N4O3. The second-order valence-corrected chi connectivity index (χ2v) is 7.17. The molecule has 0 amide bonds. The van der Waals surface area contributed by atoms with E-state index in [2.05, 4.69) is 22.3 Å². The van der Waals surface area contributed by atoms with Gasteiger partial charge in [-0.05, 0) is 43.2 Å². The Kier molecular flexibility index (Phi) is 3.74. The second-order valence-electron chi connectivity index (χ2n) is 7.17. The van der Waals surface area contributed by atoms with Crippen molar-refractivity contribution in [3.8, 4) is 34.7 Å². The molecule has 1 aromatic heterocycles. The van der Waals surface area contributed by atoms with Crippen LogP contribution < -0.4 is 19.9 Å². The van der Waals surface area contributed by atoms with E-state index in [9.17, 15) is 5.26 Å². The first kappa shape index (κ1) is 17.2. The summed E-state index contributed by atoms with van der Waals surface area (Å²) in [5.41, 5.74) is 12.0. The van der Waals surface area contributed by atoms with Gasteiger partial charge < -0.3 is 19.9 Å². The molecule has 2 aliphatic rings. The third-order valence-electron chi connectivity index (χ3n) is 5.35. The fraction of sp³-hybridized carbons (Fsp3) is 0.182. The van der Waals surface area contributed by atoms with Crippen LogP contribution in [-0.2, 0) is 0 Å². The molecule has 7 nitrogen and oxygen atoms in total. The van der Waals surface area contributed by atoms with Crippen LogP contribution in [-0.4, -0.2) is 17.0 Å². The van der Waals surface area contributed by atoms with E-state index in [0.29, 0.717) is 23.0 Å². The summed E-state index contributed by atoms with van der Waals surface area (Å²) >= 11 is 0. The average Bonchev–Trinajstić information content (AvgIpc) is 3.34. The van der Waals surface area contributed by atoms with Crippen molar-refractivity contribution in [1.29, 1.82) is 5.26 Å². The highest BCUT2D eigenvalue weighted by Crippen LogP contribution is 2.47. The molecule has 0 spiro atoms. The zero-order chi connectivity index (χ0) is 20.1. The Morgan fingerprint density at radius 3 is 2.79 bits per heavy atom. The van der Waals surface area contributed by atoms with E-state index in [0.717, 1.165) is 33.5 Å². The van der Waals surface area contributed by atoms with Crippen molar-refractivity contribution in [2.75, 3.05) is 6.79 Å². The van der Waals surface area contributed by atoms with Crippen LogP contribution in [0.1, 0.15) is 28.2 Å². The summed E-state index contributed by atoms with van der Waals surface area (Å²) in [7, 11) is 0. The third kappa shape index (κ3) is 2.61. The fourth-order valence-corrected chi connectivity index (χ4v) is 3.90. The van der Waals surface area contributed by atoms with Gasteiger partial charge in [-0.2, -0.15) is 5.26 Å². The minimum Gasteiger partial charge on any atom is -0.454 e. The lowest BCUT2D eigenvalue weighted by Crippen LogP contribution is -2.21. The van der Waals surface area contributed by atoms with E-state index in [1.54, 1.807) is 0 Å². The standard InChI is InChI=1S/C22H18N4O3/c1-11-3-4-12(2)14(7-11)18-15(9-23)21(24)29-22-19(18)20(25-26-22)13-5-6-16-17(8-13)28-10-27-16/h3-8,18H,10,24H2,1-2H3,(H,25,26). The SMILES string of the molecule is Cc1ccc(C)c(C2C(C#N)=C(N)Oc3n[nH]c(-c4ccc5c(c4)OCO5)c32)c1. The number of ether oxygens (including phenoxy) is 3. The Hall–Kier alpha value is -3.92. The molecule has 0 saturated carbocycles. The van der Waals surface area contributed by atoms with Gasteiger partial charge in [-0.1, -0.05) is 23.8 Å². The highest BCUT2D eigenvalue weighted by atomic mass is 16.7. The normalized spacial score (nSPS) is 16.9. The van der Waals surface area contributed by atoms with E-state index < -0.39 is 0 Å². The van der Waals surface area contributed by atoms with Crippen LogP contribution in [0.3, 0.4) is 0 Å². The van der Waals surface area contributed by atoms with Gasteiger partial charge in [-0.3, -0.25) is 5.10 Å². The highest BCUT2D eigenvalue weighted by Gasteiger charge is 2.36. The van der Waals surface area contributed by atoms with Gasteiger partial charge in [-0.25, -0.2) is 0 Å². The summed E-state index contributed by atoms with van der Waals surface area (Å²) < 4.78 is 16.6. The lowest BCUT2D eigenvalue weighted by atomic mass is 9.80. The quantitative estimate of drug-likeness (QED) is 0.696. The Bertz CT molecular complexity index is 1220. The predicted molar refractivity (Wildman–Crippen MR) is 105 cm³/mol. The van der Waals surface area contributed by atoms with E-state index in [1.165, 1.54) is 0 Å². The van der Waals surface area contributed by atoms with Crippen LogP contribution in [0, 0.1) is 25.2 Å². The summed E-state index contributed by atoms with van der Waals surface area (Å²) in [5.74, 6) is 1.44. The molecule has 2 aromatic carbocycles. The number of hydrogen-bond acceptors (Lipinski definition) is 6. The molecule has 144 valence electrons. The topological polar surface area (TPSA) is 106 Å². The number of rotatable bonds is 2. The van der Waals surface area contributed by atoms with Gasteiger partial charge in [0, 0.05) is 5.56 Å². The van der Waals surface area contributed by atoms with Gasteiger partial charge in [0.1, 0.15) is 11.6 Å². The number of aromatic amines is 1. The van der Waals surface area contributed by atoms with Crippen LogP contribution in [0.15, 0.2) is 47.9 Å². The number of benzene rings is 2. The van der Waals surface area contributed by atoms with Crippen LogP contribution in [0.25, 0.3) is 11.3 Å².